The highest BCUT2D eigenvalue weighted by atomic mass is 16.2. The normalized spacial score (nSPS) is 11.4. The molecule has 0 bridgehead atoms. The molecule has 3 N–H and O–H groups in total. The van der Waals surface area contributed by atoms with Crippen molar-refractivity contribution in [3.8, 4) is 0 Å². The Labute approximate surface area is 130 Å². The van der Waals surface area contributed by atoms with Crippen molar-refractivity contribution in [2.45, 2.75) is 39.7 Å². The van der Waals surface area contributed by atoms with E-state index in [9.17, 15) is 14.4 Å². The van der Waals surface area contributed by atoms with E-state index in [1.54, 1.807) is 24.3 Å². The maximum Gasteiger partial charge on any atom is 0.319 e. The molecule has 0 aliphatic rings. The second-order valence-electron chi connectivity index (χ2n) is 5.14. The number of hydrogen-bond acceptors (Lipinski definition) is 3. The number of benzene rings is 1. The summed E-state index contributed by atoms with van der Waals surface area (Å²) < 4.78 is 0. The summed E-state index contributed by atoms with van der Waals surface area (Å²) in [5, 5.41) is 8.08. The van der Waals surface area contributed by atoms with Gasteiger partial charge >= 0.3 is 6.03 Å². The standard InChI is InChI=1S/C16H23N3O3/c1-4-11(2)18-15(21)9-10-17-16(22)19-14-7-5-13(6-8-14)12(3)20/h5-8,11H,4,9-10H2,1-3H3,(H,18,21)(H2,17,19,22)/t11-/m1/s1. The molecule has 0 unspecified atom stereocenters. The quantitative estimate of drug-likeness (QED) is 0.676. The van der Waals surface area contributed by atoms with Crippen molar-refractivity contribution in [1.82, 2.24) is 10.6 Å². The van der Waals surface area contributed by atoms with Gasteiger partial charge in [0, 0.05) is 30.3 Å². The first kappa shape index (κ1) is 17.7. The van der Waals surface area contributed by atoms with Gasteiger partial charge in [0.05, 0.1) is 0 Å². The number of nitrogens with one attached hydrogen (secondary N) is 3. The lowest BCUT2D eigenvalue weighted by molar-refractivity contribution is -0.121. The van der Waals surface area contributed by atoms with Crippen molar-refractivity contribution in [2.75, 3.05) is 11.9 Å². The Balaban J connectivity index is 2.31. The molecule has 1 aromatic rings. The van der Waals surface area contributed by atoms with Crippen molar-refractivity contribution in [3.63, 3.8) is 0 Å². The van der Waals surface area contributed by atoms with Gasteiger partial charge in [-0.3, -0.25) is 9.59 Å². The molecule has 6 nitrogen and oxygen atoms in total. The lowest BCUT2D eigenvalue weighted by atomic mass is 10.1. The molecule has 1 rings (SSSR count). The predicted molar refractivity (Wildman–Crippen MR) is 86.0 cm³/mol. The Morgan fingerprint density at radius 3 is 2.32 bits per heavy atom. The summed E-state index contributed by atoms with van der Waals surface area (Å²) in [5.41, 5.74) is 1.18. The van der Waals surface area contributed by atoms with E-state index in [4.69, 9.17) is 0 Å². The third kappa shape index (κ3) is 6.39. The number of urea groups is 1. The number of Topliss-reactive ketones (excluding diaryl/α,β-unsaturated/α-hetero) is 1. The average molecular weight is 305 g/mol. The van der Waals surface area contributed by atoms with Crippen LogP contribution in [0.25, 0.3) is 0 Å². The van der Waals surface area contributed by atoms with Crippen LogP contribution in [-0.4, -0.2) is 30.3 Å². The average Bonchev–Trinajstić information content (AvgIpc) is 2.47. The lowest BCUT2D eigenvalue weighted by Gasteiger charge is -2.12. The number of amides is 3. The summed E-state index contributed by atoms with van der Waals surface area (Å²) >= 11 is 0. The highest BCUT2D eigenvalue weighted by molar-refractivity contribution is 5.95. The zero-order valence-corrected chi connectivity index (χ0v) is 13.2. The maximum atomic E-state index is 11.7. The van der Waals surface area contributed by atoms with Gasteiger partial charge in [0.2, 0.25) is 5.91 Å². The van der Waals surface area contributed by atoms with E-state index in [1.165, 1.54) is 6.92 Å². The van der Waals surface area contributed by atoms with Crippen LogP contribution in [0.1, 0.15) is 44.0 Å². The minimum absolute atomic E-state index is 0.0247. The van der Waals surface area contributed by atoms with Gasteiger partial charge in [0.1, 0.15) is 0 Å². The van der Waals surface area contributed by atoms with Crippen molar-refractivity contribution < 1.29 is 14.4 Å². The third-order valence-electron chi connectivity index (χ3n) is 3.21. The van der Waals surface area contributed by atoms with Gasteiger partial charge in [-0.1, -0.05) is 6.92 Å². The van der Waals surface area contributed by atoms with Crippen LogP contribution in [0.5, 0.6) is 0 Å². The summed E-state index contributed by atoms with van der Waals surface area (Å²) in [5.74, 6) is -0.108. The Kier molecular flexibility index (Phi) is 7.08. The first-order valence-electron chi connectivity index (χ1n) is 7.37. The summed E-state index contributed by atoms with van der Waals surface area (Å²) in [6.45, 7) is 5.68. The van der Waals surface area contributed by atoms with Crippen LogP contribution in [0.3, 0.4) is 0 Å². The third-order valence-corrected chi connectivity index (χ3v) is 3.21. The molecule has 1 atom stereocenters. The summed E-state index contributed by atoms with van der Waals surface area (Å²) in [4.78, 5) is 34.4. The van der Waals surface area contributed by atoms with Crippen LogP contribution in [-0.2, 0) is 4.79 Å². The molecule has 6 heteroatoms. The molecule has 0 aromatic heterocycles. The van der Waals surface area contributed by atoms with Crippen molar-refractivity contribution in [2.24, 2.45) is 0 Å². The van der Waals surface area contributed by atoms with Gasteiger partial charge in [-0.05, 0) is 44.5 Å². The number of anilines is 1. The molecule has 0 fully saturated rings. The first-order valence-corrected chi connectivity index (χ1v) is 7.37. The van der Waals surface area contributed by atoms with E-state index in [-0.39, 0.29) is 36.7 Å². The number of hydrogen-bond donors (Lipinski definition) is 3. The molecule has 0 radical (unpaired) electrons. The van der Waals surface area contributed by atoms with Gasteiger partial charge in [0.25, 0.3) is 0 Å². The van der Waals surface area contributed by atoms with Crippen LogP contribution in [0.4, 0.5) is 10.5 Å². The molecular formula is C16H23N3O3. The monoisotopic (exact) mass is 305 g/mol. The minimum atomic E-state index is -0.382. The molecule has 3 amide bonds. The second kappa shape index (κ2) is 8.81. The fraction of sp³-hybridized carbons (Fsp3) is 0.438. The van der Waals surface area contributed by atoms with E-state index < -0.39 is 0 Å². The zero-order valence-electron chi connectivity index (χ0n) is 13.2. The Bertz CT molecular complexity index is 526. The second-order valence-corrected chi connectivity index (χ2v) is 5.14. The van der Waals surface area contributed by atoms with Crippen LogP contribution in [0, 0.1) is 0 Å². The van der Waals surface area contributed by atoms with Gasteiger partial charge in [-0.2, -0.15) is 0 Å². The van der Waals surface area contributed by atoms with Crippen LogP contribution >= 0.6 is 0 Å². The largest absolute Gasteiger partial charge is 0.354 e. The highest BCUT2D eigenvalue weighted by Crippen LogP contribution is 2.09. The Hall–Kier alpha value is -2.37. The van der Waals surface area contributed by atoms with Crippen molar-refractivity contribution in [3.05, 3.63) is 29.8 Å². The molecule has 0 saturated heterocycles. The molecule has 0 spiro atoms. The molecule has 0 aliphatic carbocycles. The van der Waals surface area contributed by atoms with E-state index in [0.29, 0.717) is 11.3 Å². The lowest BCUT2D eigenvalue weighted by Crippen LogP contribution is -2.36. The van der Waals surface area contributed by atoms with E-state index in [0.717, 1.165) is 6.42 Å². The molecule has 0 aliphatic heterocycles. The summed E-state index contributed by atoms with van der Waals surface area (Å²) in [7, 11) is 0. The Morgan fingerprint density at radius 1 is 1.14 bits per heavy atom. The SMILES string of the molecule is CC[C@@H](C)NC(=O)CCNC(=O)Nc1ccc(C(C)=O)cc1. The number of ketones is 1. The van der Waals surface area contributed by atoms with Crippen LogP contribution in [0.2, 0.25) is 0 Å². The summed E-state index contributed by atoms with van der Waals surface area (Å²) in [6, 6.07) is 6.38. The molecule has 22 heavy (non-hydrogen) atoms. The van der Waals surface area contributed by atoms with Gasteiger partial charge in [-0.25, -0.2) is 4.79 Å². The smallest absolute Gasteiger partial charge is 0.319 e. The van der Waals surface area contributed by atoms with E-state index in [2.05, 4.69) is 16.0 Å². The zero-order chi connectivity index (χ0) is 16.5. The minimum Gasteiger partial charge on any atom is -0.354 e. The molecule has 1 aromatic carbocycles. The topological polar surface area (TPSA) is 87.3 Å². The van der Waals surface area contributed by atoms with Crippen molar-refractivity contribution >= 4 is 23.4 Å². The fourth-order valence-electron chi connectivity index (χ4n) is 1.70. The van der Waals surface area contributed by atoms with Crippen molar-refractivity contribution in [1.29, 1.82) is 0 Å². The van der Waals surface area contributed by atoms with E-state index >= 15 is 0 Å². The Morgan fingerprint density at radius 2 is 1.77 bits per heavy atom. The predicted octanol–water partition coefficient (Wildman–Crippen LogP) is 2.32. The van der Waals surface area contributed by atoms with Gasteiger partial charge < -0.3 is 16.0 Å². The number of carbonyl (C=O) groups is 3. The van der Waals surface area contributed by atoms with Crippen LogP contribution < -0.4 is 16.0 Å². The van der Waals surface area contributed by atoms with Crippen LogP contribution in [0.15, 0.2) is 24.3 Å². The number of rotatable bonds is 7. The molecular weight excluding hydrogens is 282 g/mol. The fourth-order valence-corrected chi connectivity index (χ4v) is 1.70. The molecule has 120 valence electrons. The maximum absolute atomic E-state index is 11.7. The molecule has 0 saturated carbocycles. The molecule has 0 heterocycles. The number of carbonyl (C=O) groups excluding carboxylic acids is 3. The van der Waals surface area contributed by atoms with E-state index in [1.807, 2.05) is 13.8 Å². The van der Waals surface area contributed by atoms with Gasteiger partial charge in [0.15, 0.2) is 5.78 Å². The van der Waals surface area contributed by atoms with Gasteiger partial charge in [-0.15, -0.1) is 0 Å². The first-order chi connectivity index (χ1) is 10.4. The summed E-state index contributed by atoms with van der Waals surface area (Å²) in [6.07, 6.45) is 1.11. The highest BCUT2D eigenvalue weighted by Gasteiger charge is 2.07.